The standard InChI is InChI=1S/C31H34I2N7.C2H3N.BrH/c1-2-3-4-5-6-13-18-38-22-26(28-30(32)39(36-34-28)20-24-14-9-7-10-15-24)19-27(23-38)29-31(33)40(37-35-29)21-25-16-11-8-12-17-25;1-2-3;/h7-12,14-17,19,22-23H,2-6,13,18,20-21H2,1H3;1H3;1H/q+1;;/p-1. The van der Waals surface area contributed by atoms with Crippen LogP contribution in [0.4, 0.5) is 0 Å². The molecule has 3 aromatic heterocycles. The third-order valence-electron chi connectivity index (χ3n) is 6.94. The molecule has 0 radical (unpaired) electrons. The second-order valence-corrected chi connectivity index (χ2v) is 12.3. The molecule has 8 nitrogen and oxygen atoms in total. The number of hydrogen-bond acceptors (Lipinski definition) is 5. The van der Waals surface area contributed by atoms with Crippen LogP contribution in [0.1, 0.15) is 63.5 Å². The van der Waals surface area contributed by atoms with Crippen LogP contribution < -0.4 is 21.5 Å². The minimum Gasteiger partial charge on any atom is -1.00 e. The Morgan fingerprint density at radius 1 is 0.727 bits per heavy atom. The zero-order valence-corrected chi connectivity index (χ0v) is 31.0. The normalized spacial score (nSPS) is 10.4. The lowest BCUT2D eigenvalue weighted by molar-refractivity contribution is -0.696. The van der Waals surface area contributed by atoms with Crippen LogP contribution in [0, 0.1) is 18.7 Å². The lowest BCUT2D eigenvalue weighted by Crippen LogP contribution is -3.00. The van der Waals surface area contributed by atoms with Gasteiger partial charge in [-0.2, -0.15) is 5.26 Å². The maximum Gasteiger partial charge on any atom is 0.178 e. The maximum atomic E-state index is 7.32. The molecule has 0 fully saturated rings. The van der Waals surface area contributed by atoms with Crippen LogP contribution >= 0.6 is 45.2 Å². The van der Waals surface area contributed by atoms with E-state index in [1.165, 1.54) is 50.2 Å². The molecule has 0 saturated carbocycles. The summed E-state index contributed by atoms with van der Waals surface area (Å²) < 4.78 is 8.27. The molecule has 0 spiro atoms. The number of halogens is 3. The highest BCUT2D eigenvalue weighted by atomic mass is 127. The summed E-state index contributed by atoms with van der Waals surface area (Å²) in [5, 5.41) is 25.6. The molecule has 0 saturated heterocycles. The zero-order valence-electron chi connectivity index (χ0n) is 25.1. The Labute approximate surface area is 297 Å². The molecule has 0 aliphatic carbocycles. The highest BCUT2D eigenvalue weighted by Crippen LogP contribution is 2.28. The molecule has 0 bridgehead atoms. The lowest BCUT2D eigenvalue weighted by atomic mass is 10.1. The molecule has 0 unspecified atom stereocenters. The van der Waals surface area contributed by atoms with Crippen molar-refractivity contribution in [2.24, 2.45) is 0 Å². The second-order valence-electron chi connectivity index (χ2n) is 10.3. The van der Waals surface area contributed by atoms with Crippen molar-refractivity contribution in [3.63, 3.8) is 0 Å². The van der Waals surface area contributed by atoms with E-state index in [0.29, 0.717) is 13.1 Å². The monoisotopic (exact) mass is 878 g/mol. The Kier molecular flexibility index (Phi) is 15.4. The number of unbranched alkanes of at least 4 members (excludes halogenated alkanes) is 5. The first kappa shape index (κ1) is 35.8. The van der Waals surface area contributed by atoms with Gasteiger partial charge < -0.3 is 17.0 Å². The molecule has 0 N–H and O–H groups in total. The predicted molar refractivity (Wildman–Crippen MR) is 186 cm³/mol. The van der Waals surface area contributed by atoms with Crippen LogP contribution in [-0.4, -0.2) is 30.0 Å². The van der Waals surface area contributed by atoms with Gasteiger partial charge in [-0.1, -0.05) is 104 Å². The predicted octanol–water partition coefficient (Wildman–Crippen LogP) is 4.69. The first-order valence-electron chi connectivity index (χ1n) is 14.7. The van der Waals surface area contributed by atoms with Crippen molar-refractivity contribution in [3.8, 4) is 28.6 Å². The molecule has 11 heteroatoms. The molecule has 0 atom stereocenters. The first-order valence-corrected chi connectivity index (χ1v) is 16.8. The molecule has 230 valence electrons. The van der Waals surface area contributed by atoms with Gasteiger partial charge in [0.25, 0.3) is 0 Å². The summed E-state index contributed by atoms with van der Waals surface area (Å²) in [4.78, 5) is 0. The third kappa shape index (κ3) is 10.2. The molecule has 0 aliphatic rings. The van der Waals surface area contributed by atoms with Crippen molar-refractivity contribution < 1.29 is 21.5 Å². The van der Waals surface area contributed by atoms with E-state index in [1.807, 2.05) is 21.5 Å². The van der Waals surface area contributed by atoms with E-state index in [4.69, 9.17) is 5.26 Å². The zero-order chi connectivity index (χ0) is 30.4. The quantitative estimate of drug-likeness (QED) is 0.0975. The Bertz CT molecular complexity index is 1510. The van der Waals surface area contributed by atoms with Gasteiger partial charge in [-0.05, 0) is 68.8 Å². The molecular weight excluding hydrogens is 842 g/mol. The van der Waals surface area contributed by atoms with Gasteiger partial charge in [-0.15, -0.1) is 10.2 Å². The van der Waals surface area contributed by atoms with Crippen LogP contribution in [0.15, 0.2) is 79.1 Å². The SMILES string of the molecule is CC#N.CCCCCCCC[n+]1cc(-c2nnn(Cc3ccccc3)c2I)cc(-c2nnn(Cc3ccccc3)c2I)c1.[Br-]. The summed E-state index contributed by atoms with van der Waals surface area (Å²) in [5.74, 6) is 0. The molecule has 3 heterocycles. The van der Waals surface area contributed by atoms with Crippen molar-refractivity contribution in [2.45, 2.75) is 72.0 Å². The van der Waals surface area contributed by atoms with Gasteiger partial charge in [-0.3, -0.25) is 0 Å². The van der Waals surface area contributed by atoms with Crippen molar-refractivity contribution in [1.82, 2.24) is 30.0 Å². The fourth-order valence-electron chi connectivity index (χ4n) is 4.77. The van der Waals surface area contributed by atoms with Gasteiger partial charge in [0.1, 0.15) is 25.3 Å². The largest absolute Gasteiger partial charge is 1.00 e. The molecule has 2 aromatic carbocycles. The van der Waals surface area contributed by atoms with Crippen molar-refractivity contribution in [3.05, 3.63) is 97.7 Å². The van der Waals surface area contributed by atoms with Crippen LogP contribution in [0.25, 0.3) is 22.5 Å². The summed E-state index contributed by atoms with van der Waals surface area (Å²) >= 11 is 4.74. The van der Waals surface area contributed by atoms with Crippen LogP contribution in [-0.2, 0) is 19.6 Å². The number of aryl methyl sites for hydroxylation is 1. The lowest BCUT2D eigenvalue weighted by Gasteiger charge is -2.06. The Morgan fingerprint density at radius 3 is 1.61 bits per heavy atom. The smallest absolute Gasteiger partial charge is 0.178 e. The van der Waals surface area contributed by atoms with Gasteiger partial charge in [-0.25, -0.2) is 13.9 Å². The van der Waals surface area contributed by atoms with E-state index >= 15 is 0 Å². The van der Waals surface area contributed by atoms with Gasteiger partial charge >= 0.3 is 0 Å². The number of aromatic nitrogens is 7. The Morgan fingerprint density at radius 2 is 1.16 bits per heavy atom. The highest BCUT2D eigenvalue weighted by molar-refractivity contribution is 14.1. The summed E-state index contributed by atoms with van der Waals surface area (Å²) in [5.41, 5.74) is 6.27. The number of nitriles is 1. The molecule has 0 amide bonds. The van der Waals surface area contributed by atoms with Gasteiger partial charge in [0.15, 0.2) is 12.4 Å². The summed E-state index contributed by atoms with van der Waals surface area (Å²) in [6.45, 7) is 6.03. The Balaban J connectivity index is 0.00000127. The average Bonchev–Trinajstić information content (AvgIpc) is 3.57. The average molecular weight is 879 g/mol. The van der Waals surface area contributed by atoms with Gasteiger partial charge in [0.2, 0.25) is 0 Å². The third-order valence-corrected chi connectivity index (χ3v) is 9.07. The fourth-order valence-corrected chi connectivity index (χ4v) is 6.14. The number of hydrogen-bond donors (Lipinski definition) is 0. The summed E-state index contributed by atoms with van der Waals surface area (Å²) in [7, 11) is 0. The first-order chi connectivity index (χ1) is 21.0. The second kappa shape index (κ2) is 19.0. The number of benzene rings is 2. The van der Waals surface area contributed by atoms with E-state index in [-0.39, 0.29) is 17.0 Å². The summed E-state index contributed by atoms with van der Waals surface area (Å²) in [6, 6.07) is 24.7. The molecule has 5 aromatic rings. The molecule has 0 aliphatic heterocycles. The van der Waals surface area contributed by atoms with Crippen molar-refractivity contribution in [1.29, 1.82) is 5.26 Å². The van der Waals surface area contributed by atoms with Crippen LogP contribution in [0.2, 0.25) is 0 Å². The minimum absolute atomic E-state index is 0. The fraction of sp³-hybridized carbons (Fsp3) is 0.333. The van der Waals surface area contributed by atoms with E-state index in [2.05, 4.69) is 144 Å². The minimum atomic E-state index is 0. The van der Waals surface area contributed by atoms with Gasteiger partial charge in [0, 0.05) is 13.3 Å². The molecule has 5 rings (SSSR count). The number of rotatable bonds is 13. The number of nitrogens with zero attached hydrogens (tertiary/aromatic N) is 8. The molecular formula is C33H37BrI2N8. The highest BCUT2D eigenvalue weighted by Gasteiger charge is 2.21. The molecule has 44 heavy (non-hydrogen) atoms. The number of pyridine rings is 1. The summed E-state index contributed by atoms with van der Waals surface area (Å²) in [6.07, 6.45) is 12.0. The van der Waals surface area contributed by atoms with E-state index in [9.17, 15) is 0 Å². The van der Waals surface area contributed by atoms with Gasteiger partial charge in [0.05, 0.1) is 30.3 Å². The Hall–Kier alpha value is -2.70. The van der Waals surface area contributed by atoms with E-state index < -0.39 is 0 Å². The van der Waals surface area contributed by atoms with Crippen molar-refractivity contribution in [2.75, 3.05) is 0 Å². The van der Waals surface area contributed by atoms with Crippen LogP contribution in [0.5, 0.6) is 0 Å². The van der Waals surface area contributed by atoms with Crippen molar-refractivity contribution >= 4 is 45.2 Å². The topological polar surface area (TPSA) is 89.1 Å². The van der Waals surface area contributed by atoms with E-state index in [0.717, 1.165) is 42.9 Å². The van der Waals surface area contributed by atoms with E-state index in [1.54, 1.807) is 6.07 Å². The van der Waals surface area contributed by atoms with Crippen LogP contribution in [0.3, 0.4) is 0 Å². The maximum absolute atomic E-state index is 7.32.